The van der Waals surface area contributed by atoms with Crippen molar-refractivity contribution in [3.63, 3.8) is 0 Å². The van der Waals surface area contributed by atoms with E-state index < -0.39 is 18.6 Å². The van der Waals surface area contributed by atoms with E-state index in [0.29, 0.717) is 0 Å². The summed E-state index contributed by atoms with van der Waals surface area (Å²) in [7, 11) is 0. The predicted molar refractivity (Wildman–Crippen MR) is 11.2 cm³/mol. The van der Waals surface area contributed by atoms with Crippen molar-refractivity contribution >= 4 is 0 Å². The summed E-state index contributed by atoms with van der Waals surface area (Å²) in [6, 6.07) is 0. The van der Waals surface area contributed by atoms with Crippen LogP contribution in [0.1, 0.15) is 0 Å². The van der Waals surface area contributed by atoms with Crippen LogP contribution in [0.4, 0.5) is 0 Å². The van der Waals surface area contributed by atoms with Gasteiger partial charge in [0.2, 0.25) is 0 Å². The Morgan fingerprint density at radius 3 is 1.60 bits per heavy atom. The average Bonchev–Trinajstić information content (AvgIpc) is 1.41. The Morgan fingerprint density at radius 2 is 1.60 bits per heavy atom. The molecule has 0 saturated heterocycles. The molecule has 0 atom stereocenters. The van der Waals surface area contributed by atoms with Crippen LogP contribution in [-0.4, -0.2) is 0 Å². The first-order valence-corrected chi connectivity index (χ1v) is 3.04. The average molecular weight is 247 g/mol. The maximum absolute atomic E-state index is 7.64. The predicted octanol–water partition coefficient (Wildman–Crippen LogP) is 0.0311. The second kappa shape index (κ2) is 3.67. The van der Waals surface area contributed by atoms with Gasteiger partial charge < -0.3 is 0 Å². The van der Waals surface area contributed by atoms with E-state index in [1.807, 2.05) is 0 Å². The molecule has 0 heterocycles. The molecule has 5 heavy (non-hydrogen) atoms. The second-order valence-electron chi connectivity index (χ2n) is 0.220. The summed E-state index contributed by atoms with van der Waals surface area (Å²) < 4.78 is 3.53. The normalized spacial score (nSPS) is 5.20. The Labute approximate surface area is 38.6 Å². The van der Waals surface area contributed by atoms with Crippen LogP contribution in [0.2, 0.25) is 0 Å². The van der Waals surface area contributed by atoms with Crippen molar-refractivity contribution in [1.82, 2.24) is 0 Å². The van der Waals surface area contributed by atoms with E-state index >= 15 is 0 Å². The molecule has 0 aromatic heterocycles. The summed E-state index contributed by atoms with van der Waals surface area (Å²) in [6.07, 6.45) is 0. The van der Waals surface area contributed by atoms with Gasteiger partial charge in [0.25, 0.3) is 0 Å². The summed E-state index contributed by atoms with van der Waals surface area (Å²) in [5, 5.41) is 15.3. The van der Waals surface area contributed by atoms with Gasteiger partial charge >= 0.3 is 38.0 Å². The number of hydrogen-bond acceptors (Lipinski definition) is 2. The van der Waals surface area contributed by atoms with Crippen LogP contribution in [0.15, 0.2) is 0 Å². The third kappa shape index (κ3) is 3.67. The number of nitriles is 2. The van der Waals surface area contributed by atoms with Gasteiger partial charge in [0.1, 0.15) is 0 Å². The van der Waals surface area contributed by atoms with Crippen LogP contribution in [0.25, 0.3) is 0 Å². The minimum atomic E-state index is -0.765. The first-order chi connectivity index (χ1) is 2.41. The molecule has 0 rings (SSSR count). The number of hydrogen-bond donors (Lipinski definition) is 0. The van der Waals surface area contributed by atoms with Crippen molar-refractivity contribution in [2.45, 2.75) is 0 Å². The van der Waals surface area contributed by atoms with Crippen LogP contribution in [0.3, 0.4) is 0 Å². The van der Waals surface area contributed by atoms with Gasteiger partial charge in [-0.15, -0.1) is 0 Å². The second-order valence-corrected chi connectivity index (χ2v) is 1.80. The van der Waals surface area contributed by atoms with Gasteiger partial charge in [-0.1, -0.05) is 0 Å². The van der Waals surface area contributed by atoms with Crippen LogP contribution >= 0.6 is 0 Å². The van der Waals surface area contributed by atoms with Gasteiger partial charge in [0, 0.05) is 0 Å². The molecule has 0 bridgehead atoms. The monoisotopic (exact) mass is 247 g/mol. The van der Waals surface area contributed by atoms with Gasteiger partial charge in [-0.05, 0) is 0 Å². The molecule has 0 saturated carbocycles. The maximum atomic E-state index is 7.64. The molecule has 0 aromatic carbocycles. The molecule has 0 aliphatic carbocycles. The Balaban J connectivity index is 2.86. The van der Waals surface area contributed by atoms with Crippen molar-refractivity contribution in [2.24, 2.45) is 0 Å². The molecule has 0 aliphatic rings. The molecule has 0 aliphatic heterocycles. The number of rotatable bonds is 0. The molecule has 2 nitrogen and oxygen atoms in total. The standard InChI is InChI=1S/2CN.Pt/c2*1-2;. The Kier molecular flexibility index (Phi) is 3.42. The van der Waals surface area contributed by atoms with E-state index in [1.54, 1.807) is 8.92 Å². The SMILES string of the molecule is N#[C][Pt][C]#N. The molecule has 0 amide bonds. The third-order valence-electron chi connectivity index (χ3n) is 0.0707. The fourth-order valence-corrected chi connectivity index (χ4v) is 0.129. The molecule has 0 aromatic rings. The summed E-state index contributed by atoms with van der Waals surface area (Å²) in [6.45, 7) is 0. The summed E-state index contributed by atoms with van der Waals surface area (Å²) >= 11 is -0.765. The summed E-state index contributed by atoms with van der Waals surface area (Å²) in [4.78, 5) is 0. The summed E-state index contributed by atoms with van der Waals surface area (Å²) in [5.74, 6) is 0. The molecule has 0 radical (unpaired) electrons. The Bertz CT molecular complexity index is 72.8. The fraction of sp³-hybridized carbons (Fsp3) is 0. The van der Waals surface area contributed by atoms with Gasteiger partial charge in [-0.3, -0.25) is 0 Å². The summed E-state index contributed by atoms with van der Waals surface area (Å²) in [5.41, 5.74) is 0. The van der Waals surface area contributed by atoms with E-state index in [1.165, 1.54) is 0 Å². The van der Waals surface area contributed by atoms with Crippen LogP contribution in [-0.2, 0) is 18.6 Å². The molecule has 0 fully saturated rings. The van der Waals surface area contributed by atoms with E-state index in [9.17, 15) is 0 Å². The zero-order chi connectivity index (χ0) is 4.12. The van der Waals surface area contributed by atoms with Crippen molar-refractivity contribution in [2.75, 3.05) is 0 Å². The Morgan fingerprint density at radius 1 is 1.20 bits per heavy atom. The van der Waals surface area contributed by atoms with E-state index in [0.717, 1.165) is 0 Å². The minimum absolute atomic E-state index is 0.765. The molecular weight excluding hydrogens is 247 g/mol. The van der Waals surface area contributed by atoms with Gasteiger partial charge in [0.15, 0.2) is 0 Å². The van der Waals surface area contributed by atoms with Crippen LogP contribution in [0, 0.1) is 19.4 Å². The third-order valence-corrected chi connectivity index (χ3v) is 0.579. The van der Waals surface area contributed by atoms with Crippen LogP contribution in [0.5, 0.6) is 0 Å². The van der Waals surface area contributed by atoms with Gasteiger partial charge in [-0.25, -0.2) is 0 Å². The zero-order valence-electron chi connectivity index (χ0n) is 2.21. The zero-order valence-corrected chi connectivity index (χ0v) is 4.48. The molecule has 28 valence electrons. The van der Waals surface area contributed by atoms with Gasteiger partial charge in [-0.2, -0.15) is 0 Å². The van der Waals surface area contributed by atoms with E-state index in [2.05, 4.69) is 0 Å². The molecule has 0 unspecified atom stereocenters. The van der Waals surface area contributed by atoms with Crippen molar-refractivity contribution in [1.29, 1.82) is 10.5 Å². The molecular formula is C2N2Pt. The Hall–Kier alpha value is -0.332. The van der Waals surface area contributed by atoms with Crippen molar-refractivity contribution in [3.8, 4) is 8.92 Å². The fourth-order valence-electron chi connectivity index (χ4n) is 0.0158. The molecule has 3 heteroatoms. The topological polar surface area (TPSA) is 47.6 Å². The number of nitrogens with zero attached hydrogens (tertiary/aromatic N) is 2. The molecule has 0 N–H and O–H groups in total. The van der Waals surface area contributed by atoms with E-state index in [-0.39, 0.29) is 0 Å². The van der Waals surface area contributed by atoms with Crippen molar-refractivity contribution < 1.29 is 18.6 Å². The molecule has 0 spiro atoms. The van der Waals surface area contributed by atoms with Crippen molar-refractivity contribution in [3.05, 3.63) is 0 Å². The first kappa shape index (κ1) is 4.67. The quantitative estimate of drug-likeness (QED) is 0.606. The van der Waals surface area contributed by atoms with E-state index in [4.69, 9.17) is 10.5 Å². The first-order valence-electron chi connectivity index (χ1n) is 0.763. The van der Waals surface area contributed by atoms with Crippen LogP contribution < -0.4 is 0 Å². The van der Waals surface area contributed by atoms with Gasteiger partial charge in [0.05, 0.1) is 0 Å².